The molecule has 0 aliphatic rings. The standard InChI is InChI=1S/C62H123NO5/c1-3-5-7-9-11-13-15-16-17-25-29-32-36-40-44-48-52-56-62(67)68-57-53-49-45-41-37-33-30-27-24-22-20-18-19-21-23-26-28-31-35-39-43-47-51-55-61(66)63-59(58-64)60(65)54-50-46-42-38-34-14-12-10-8-6-4-2/h59-60,64-65H,3-58H2,1-2H3,(H,63,66). The van der Waals surface area contributed by atoms with Crippen molar-refractivity contribution in [2.75, 3.05) is 13.2 Å². The number of hydrogen-bond donors (Lipinski definition) is 3. The highest BCUT2D eigenvalue weighted by atomic mass is 16.5. The summed E-state index contributed by atoms with van der Waals surface area (Å²) in [5.74, 6) is -0.0140. The second kappa shape index (κ2) is 58.4. The molecule has 6 nitrogen and oxygen atoms in total. The zero-order chi connectivity index (χ0) is 49.3. The quantitative estimate of drug-likeness (QED) is 0.0417. The first kappa shape index (κ1) is 66.9. The van der Waals surface area contributed by atoms with Crippen LogP contribution in [0.3, 0.4) is 0 Å². The molecular weight excluding hydrogens is 839 g/mol. The zero-order valence-corrected chi connectivity index (χ0v) is 46.4. The van der Waals surface area contributed by atoms with Crippen molar-refractivity contribution in [3.63, 3.8) is 0 Å². The predicted octanol–water partition coefficient (Wildman–Crippen LogP) is 19.5. The van der Waals surface area contributed by atoms with Crippen LogP contribution in [0.25, 0.3) is 0 Å². The van der Waals surface area contributed by atoms with E-state index in [1.807, 2.05) is 0 Å². The number of ether oxygens (including phenoxy) is 1. The van der Waals surface area contributed by atoms with Crippen LogP contribution >= 0.6 is 0 Å². The smallest absolute Gasteiger partial charge is 0.305 e. The number of aliphatic hydroxyl groups is 2. The van der Waals surface area contributed by atoms with Crippen molar-refractivity contribution in [3.05, 3.63) is 0 Å². The summed E-state index contributed by atoms with van der Waals surface area (Å²) in [5.41, 5.74) is 0. The highest BCUT2D eigenvalue weighted by Crippen LogP contribution is 2.19. The lowest BCUT2D eigenvalue weighted by Gasteiger charge is -2.22. The van der Waals surface area contributed by atoms with Crippen LogP contribution in [0.2, 0.25) is 0 Å². The molecule has 0 aromatic carbocycles. The lowest BCUT2D eigenvalue weighted by molar-refractivity contribution is -0.143. The topological polar surface area (TPSA) is 95.9 Å². The van der Waals surface area contributed by atoms with Crippen LogP contribution in [0, 0.1) is 0 Å². The normalized spacial score (nSPS) is 12.5. The monoisotopic (exact) mass is 962 g/mol. The Morgan fingerprint density at radius 1 is 0.353 bits per heavy atom. The van der Waals surface area contributed by atoms with Crippen LogP contribution in [-0.2, 0) is 14.3 Å². The molecule has 3 N–H and O–H groups in total. The van der Waals surface area contributed by atoms with E-state index >= 15 is 0 Å². The van der Waals surface area contributed by atoms with Gasteiger partial charge in [0.05, 0.1) is 25.4 Å². The number of unbranched alkanes of at least 4 members (excludes halogenated alkanes) is 48. The fraction of sp³-hybridized carbons (Fsp3) is 0.968. The third-order valence-corrected chi connectivity index (χ3v) is 14.9. The van der Waals surface area contributed by atoms with Crippen molar-refractivity contribution in [1.29, 1.82) is 0 Å². The molecule has 0 saturated heterocycles. The van der Waals surface area contributed by atoms with Crippen molar-refractivity contribution < 1.29 is 24.5 Å². The van der Waals surface area contributed by atoms with E-state index < -0.39 is 12.1 Å². The van der Waals surface area contributed by atoms with Gasteiger partial charge in [0.1, 0.15) is 0 Å². The summed E-state index contributed by atoms with van der Waals surface area (Å²) in [4.78, 5) is 24.5. The average molecular weight is 963 g/mol. The van der Waals surface area contributed by atoms with Gasteiger partial charge in [-0.15, -0.1) is 0 Å². The number of nitrogens with one attached hydrogen (secondary N) is 1. The molecule has 68 heavy (non-hydrogen) atoms. The van der Waals surface area contributed by atoms with E-state index in [2.05, 4.69) is 19.2 Å². The Balaban J connectivity index is 3.32. The minimum Gasteiger partial charge on any atom is -0.466 e. The Kier molecular flexibility index (Phi) is 57.5. The third-order valence-electron chi connectivity index (χ3n) is 14.9. The molecule has 1 amide bonds. The largest absolute Gasteiger partial charge is 0.466 e. The zero-order valence-electron chi connectivity index (χ0n) is 46.4. The van der Waals surface area contributed by atoms with Gasteiger partial charge >= 0.3 is 5.97 Å². The van der Waals surface area contributed by atoms with Gasteiger partial charge < -0.3 is 20.3 Å². The summed E-state index contributed by atoms with van der Waals surface area (Å²) < 4.78 is 5.50. The molecule has 0 spiro atoms. The molecule has 406 valence electrons. The van der Waals surface area contributed by atoms with E-state index in [9.17, 15) is 19.8 Å². The molecule has 6 heteroatoms. The van der Waals surface area contributed by atoms with Gasteiger partial charge in [-0.1, -0.05) is 322 Å². The maximum Gasteiger partial charge on any atom is 0.305 e. The SMILES string of the molecule is CCCCCCCCCCCCCCCCCCCC(=O)OCCCCCCCCCCCCCCCCCCCCCCCCCC(=O)NC(CO)C(O)CCCCCCCCCCCCC. The first-order valence-electron chi connectivity index (χ1n) is 31.3. The number of amides is 1. The van der Waals surface area contributed by atoms with E-state index in [0.29, 0.717) is 25.9 Å². The van der Waals surface area contributed by atoms with Crippen molar-refractivity contribution >= 4 is 11.9 Å². The average Bonchev–Trinajstić information content (AvgIpc) is 3.34. The number of rotatable bonds is 59. The summed E-state index contributed by atoms with van der Waals surface area (Å²) in [6.45, 7) is 4.98. The Hall–Kier alpha value is -1.14. The number of hydrogen-bond acceptors (Lipinski definition) is 5. The molecule has 0 aromatic rings. The van der Waals surface area contributed by atoms with Gasteiger partial charge in [0.25, 0.3) is 0 Å². The van der Waals surface area contributed by atoms with E-state index in [4.69, 9.17) is 4.74 Å². The number of carbonyl (C=O) groups is 2. The summed E-state index contributed by atoms with van der Waals surface area (Å²) in [6, 6.07) is -0.538. The number of esters is 1. The van der Waals surface area contributed by atoms with Crippen LogP contribution in [0.5, 0.6) is 0 Å². The fourth-order valence-corrected chi connectivity index (χ4v) is 10.1. The van der Waals surface area contributed by atoms with Gasteiger partial charge in [-0.05, 0) is 25.7 Å². The van der Waals surface area contributed by atoms with E-state index in [0.717, 1.165) is 38.5 Å². The Labute approximate surface area is 426 Å². The first-order chi connectivity index (χ1) is 33.5. The van der Waals surface area contributed by atoms with Crippen molar-refractivity contribution in [1.82, 2.24) is 5.32 Å². The maximum absolute atomic E-state index is 12.4. The number of carbonyl (C=O) groups excluding carboxylic acids is 2. The molecule has 0 saturated carbocycles. The van der Waals surface area contributed by atoms with E-state index in [-0.39, 0.29) is 18.5 Å². The predicted molar refractivity (Wildman–Crippen MR) is 297 cm³/mol. The third kappa shape index (κ3) is 54.2. The Morgan fingerprint density at radius 3 is 0.897 bits per heavy atom. The van der Waals surface area contributed by atoms with Crippen LogP contribution < -0.4 is 5.32 Å². The minimum atomic E-state index is -0.661. The molecule has 2 unspecified atom stereocenters. The highest BCUT2D eigenvalue weighted by molar-refractivity contribution is 5.76. The molecule has 0 bridgehead atoms. The molecule has 0 radical (unpaired) electrons. The summed E-state index contributed by atoms with van der Waals surface area (Å²) in [6.07, 6.45) is 68.4. The van der Waals surface area contributed by atoms with Crippen LogP contribution in [0.15, 0.2) is 0 Å². The number of aliphatic hydroxyl groups excluding tert-OH is 2. The molecule has 0 aliphatic carbocycles. The Morgan fingerprint density at radius 2 is 0.603 bits per heavy atom. The highest BCUT2D eigenvalue weighted by Gasteiger charge is 2.20. The van der Waals surface area contributed by atoms with Crippen LogP contribution in [0.4, 0.5) is 0 Å². The Bertz CT molecular complexity index is 975. The summed E-state index contributed by atoms with van der Waals surface area (Å²) >= 11 is 0. The van der Waals surface area contributed by atoms with Gasteiger partial charge in [-0.3, -0.25) is 9.59 Å². The molecule has 0 aliphatic heterocycles. The molecule has 2 atom stereocenters. The molecule has 0 fully saturated rings. The lowest BCUT2D eigenvalue weighted by atomic mass is 10.0. The van der Waals surface area contributed by atoms with E-state index in [1.54, 1.807) is 0 Å². The fourth-order valence-electron chi connectivity index (χ4n) is 10.1. The molecule has 0 rings (SSSR count). The van der Waals surface area contributed by atoms with Gasteiger partial charge in [0, 0.05) is 12.8 Å². The summed E-state index contributed by atoms with van der Waals surface area (Å²) in [5, 5.41) is 23.2. The second-order valence-corrected chi connectivity index (χ2v) is 21.8. The van der Waals surface area contributed by atoms with Gasteiger partial charge in [-0.2, -0.15) is 0 Å². The van der Waals surface area contributed by atoms with Crippen LogP contribution in [0.1, 0.15) is 361 Å². The molecular formula is C62H123NO5. The minimum absolute atomic E-state index is 0.0193. The van der Waals surface area contributed by atoms with Crippen LogP contribution in [-0.4, -0.2) is 47.4 Å². The van der Waals surface area contributed by atoms with Gasteiger partial charge in [0.2, 0.25) is 5.91 Å². The van der Waals surface area contributed by atoms with Crippen molar-refractivity contribution in [3.8, 4) is 0 Å². The second-order valence-electron chi connectivity index (χ2n) is 21.8. The van der Waals surface area contributed by atoms with Gasteiger partial charge in [0.15, 0.2) is 0 Å². The molecule has 0 aromatic heterocycles. The lowest BCUT2D eigenvalue weighted by Crippen LogP contribution is -2.45. The molecule has 0 heterocycles. The first-order valence-corrected chi connectivity index (χ1v) is 31.3. The van der Waals surface area contributed by atoms with Crippen molar-refractivity contribution in [2.45, 2.75) is 373 Å². The summed E-state index contributed by atoms with van der Waals surface area (Å²) in [7, 11) is 0. The van der Waals surface area contributed by atoms with Crippen molar-refractivity contribution in [2.24, 2.45) is 0 Å². The van der Waals surface area contributed by atoms with Gasteiger partial charge in [-0.25, -0.2) is 0 Å². The van der Waals surface area contributed by atoms with E-state index in [1.165, 1.54) is 289 Å². The maximum atomic E-state index is 12.4.